The number of likely N-dealkylation sites (tertiary alicyclic amines) is 1. The third kappa shape index (κ3) is 1.59. The van der Waals surface area contributed by atoms with Crippen LogP contribution in [-0.4, -0.2) is 55.1 Å². The zero-order valence-corrected chi connectivity index (χ0v) is 8.99. The van der Waals surface area contributed by atoms with Crippen LogP contribution >= 0.6 is 0 Å². The van der Waals surface area contributed by atoms with Crippen LogP contribution in [0.5, 0.6) is 0 Å². The Morgan fingerprint density at radius 2 is 2.36 bits per heavy atom. The third-order valence-electron chi connectivity index (χ3n) is 3.43. The SMILES string of the molecule is CCN(C)C(=O)N1C[C@@H]2CCN[C@@H]2C1. The first kappa shape index (κ1) is 9.77. The topological polar surface area (TPSA) is 35.6 Å². The fourth-order valence-electron chi connectivity index (χ4n) is 2.38. The molecule has 14 heavy (non-hydrogen) atoms. The number of fused-ring (bicyclic) bond motifs is 1. The Morgan fingerprint density at radius 3 is 3.00 bits per heavy atom. The molecule has 0 aromatic rings. The van der Waals surface area contributed by atoms with Crippen LogP contribution < -0.4 is 5.32 Å². The summed E-state index contributed by atoms with van der Waals surface area (Å²) in [5, 5.41) is 3.45. The minimum Gasteiger partial charge on any atom is -0.328 e. The van der Waals surface area contributed by atoms with Gasteiger partial charge in [-0.05, 0) is 25.8 Å². The zero-order chi connectivity index (χ0) is 10.1. The molecule has 0 saturated carbocycles. The molecule has 2 aliphatic heterocycles. The van der Waals surface area contributed by atoms with E-state index in [-0.39, 0.29) is 6.03 Å². The first-order chi connectivity index (χ1) is 6.72. The average Bonchev–Trinajstić information content (AvgIpc) is 2.74. The van der Waals surface area contributed by atoms with Gasteiger partial charge in [0.05, 0.1) is 0 Å². The molecule has 0 aliphatic carbocycles. The summed E-state index contributed by atoms with van der Waals surface area (Å²) in [6.45, 7) is 5.76. The summed E-state index contributed by atoms with van der Waals surface area (Å²) in [4.78, 5) is 15.6. The van der Waals surface area contributed by atoms with E-state index in [4.69, 9.17) is 0 Å². The van der Waals surface area contributed by atoms with E-state index in [1.165, 1.54) is 6.42 Å². The van der Waals surface area contributed by atoms with Gasteiger partial charge in [-0.3, -0.25) is 0 Å². The van der Waals surface area contributed by atoms with Gasteiger partial charge in [-0.1, -0.05) is 0 Å². The van der Waals surface area contributed by atoms with E-state index in [0.29, 0.717) is 12.0 Å². The van der Waals surface area contributed by atoms with Crippen LogP contribution in [0.25, 0.3) is 0 Å². The number of nitrogens with zero attached hydrogens (tertiary/aromatic N) is 2. The number of rotatable bonds is 1. The maximum atomic E-state index is 11.8. The first-order valence-corrected chi connectivity index (χ1v) is 5.45. The minimum atomic E-state index is 0.184. The van der Waals surface area contributed by atoms with Gasteiger partial charge in [-0.15, -0.1) is 0 Å². The number of carbonyl (C=O) groups is 1. The monoisotopic (exact) mass is 197 g/mol. The highest BCUT2D eigenvalue weighted by atomic mass is 16.2. The van der Waals surface area contributed by atoms with Gasteiger partial charge < -0.3 is 15.1 Å². The van der Waals surface area contributed by atoms with Crippen LogP contribution in [0.4, 0.5) is 4.79 Å². The summed E-state index contributed by atoms with van der Waals surface area (Å²) in [6, 6.07) is 0.743. The highest BCUT2D eigenvalue weighted by molar-refractivity contribution is 5.74. The number of carbonyl (C=O) groups excluding carboxylic acids is 1. The summed E-state index contributed by atoms with van der Waals surface area (Å²) in [5.41, 5.74) is 0. The number of hydrogen-bond acceptors (Lipinski definition) is 2. The lowest BCUT2D eigenvalue weighted by Gasteiger charge is -2.24. The largest absolute Gasteiger partial charge is 0.328 e. The van der Waals surface area contributed by atoms with Crippen LogP contribution in [0.15, 0.2) is 0 Å². The number of amides is 2. The first-order valence-electron chi connectivity index (χ1n) is 5.45. The minimum absolute atomic E-state index is 0.184. The second kappa shape index (κ2) is 3.77. The van der Waals surface area contributed by atoms with Crippen molar-refractivity contribution in [1.82, 2.24) is 15.1 Å². The molecule has 2 amide bonds. The Kier molecular flexibility index (Phi) is 2.63. The van der Waals surface area contributed by atoms with Gasteiger partial charge in [-0.2, -0.15) is 0 Å². The third-order valence-corrected chi connectivity index (χ3v) is 3.43. The quantitative estimate of drug-likeness (QED) is 0.658. The Bertz CT molecular complexity index is 219. The van der Waals surface area contributed by atoms with Gasteiger partial charge in [0, 0.05) is 32.7 Å². The maximum Gasteiger partial charge on any atom is 0.319 e. The fraction of sp³-hybridized carbons (Fsp3) is 0.900. The summed E-state index contributed by atoms with van der Waals surface area (Å²) in [6.07, 6.45) is 1.23. The van der Waals surface area contributed by atoms with Crippen LogP contribution in [-0.2, 0) is 0 Å². The number of urea groups is 1. The normalized spacial score (nSPS) is 30.6. The molecule has 0 aromatic carbocycles. The molecule has 1 N–H and O–H groups in total. The standard InChI is InChI=1S/C10H19N3O/c1-3-12(2)10(14)13-6-8-4-5-11-9(8)7-13/h8-9,11H,3-7H2,1-2H3/t8-,9+/m0/s1. The highest BCUT2D eigenvalue weighted by Crippen LogP contribution is 2.24. The van der Waals surface area contributed by atoms with E-state index < -0.39 is 0 Å². The Labute approximate surface area is 85.2 Å². The molecule has 2 rings (SSSR count). The van der Waals surface area contributed by atoms with Gasteiger partial charge in [-0.25, -0.2) is 4.79 Å². The lowest BCUT2D eigenvalue weighted by molar-refractivity contribution is 0.172. The molecule has 0 radical (unpaired) electrons. The van der Waals surface area contributed by atoms with Crippen LogP contribution in [0.3, 0.4) is 0 Å². The second-order valence-corrected chi connectivity index (χ2v) is 4.31. The second-order valence-electron chi connectivity index (χ2n) is 4.31. The fourth-order valence-corrected chi connectivity index (χ4v) is 2.38. The van der Waals surface area contributed by atoms with E-state index in [1.54, 1.807) is 4.90 Å². The molecule has 0 spiro atoms. The van der Waals surface area contributed by atoms with Gasteiger partial charge in [0.1, 0.15) is 0 Å². The highest BCUT2D eigenvalue weighted by Gasteiger charge is 2.38. The van der Waals surface area contributed by atoms with Gasteiger partial charge in [0.15, 0.2) is 0 Å². The Balaban J connectivity index is 1.92. The molecule has 2 heterocycles. The molecule has 0 aromatic heterocycles. The van der Waals surface area contributed by atoms with Gasteiger partial charge in [0.2, 0.25) is 0 Å². The van der Waals surface area contributed by atoms with Crippen molar-refractivity contribution in [2.45, 2.75) is 19.4 Å². The van der Waals surface area contributed by atoms with Crippen molar-refractivity contribution in [2.24, 2.45) is 5.92 Å². The van der Waals surface area contributed by atoms with Gasteiger partial charge in [0.25, 0.3) is 0 Å². The maximum absolute atomic E-state index is 11.8. The van der Waals surface area contributed by atoms with Crippen LogP contribution in [0, 0.1) is 5.92 Å². The van der Waals surface area contributed by atoms with Crippen molar-refractivity contribution in [1.29, 1.82) is 0 Å². The van der Waals surface area contributed by atoms with Crippen LogP contribution in [0.2, 0.25) is 0 Å². The van der Waals surface area contributed by atoms with E-state index >= 15 is 0 Å². The van der Waals surface area contributed by atoms with E-state index in [9.17, 15) is 4.79 Å². The van der Waals surface area contributed by atoms with Crippen molar-refractivity contribution in [3.05, 3.63) is 0 Å². The van der Waals surface area contributed by atoms with Crippen molar-refractivity contribution in [3.63, 3.8) is 0 Å². The molecular formula is C10H19N3O. The molecule has 2 fully saturated rings. The summed E-state index contributed by atoms with van der Waals surface area (Å²) < 4.78 is 0. The van der Waals surface area contributed by atoms with E-state index in [0.717, 1.165) is 26.2 Å². The van der Waals surface area contributed by atoms with Crippen LogP contribution in [0.1, 0.15) is 13.3 Å². The molecule has 2 aliphatic rings. The average molecular weight is 197 g/mol. The molecule has 2 saturated heterocycles. The smallest absolute Gasteiger partial charge is 0.319 e. The Morgan fingerprint density at radius 1 is 1.57 bits per heavy atom. The summed E-state index contributed by atoms with van der Waals surface area (Å²) in [7, 11) is 1.86. The number of hydrogen-bond donors (Lipinski definition) is 1. The van der Waals surface area contributed by atoms with Crippen molar-refractivity contribution in [3.8, 4) is 0 Å². The predicted octanol–water partition coefficient (Wildman–Crippen LogP) is 0.352. The molecular weight excluding hydrogens is 178 g/mol. The predicted molar refractivity (Wildman–Crippen MR) is 55.2 cm³/mol. The summed E-state index contributed by atoms with van der Waals surface area (Å²) in [5.74, 6) is 0.698. The molecule has 2 atom stereocenters. The molecule has 4 heteroatoms. The molecule has 0 bridgehead atoms. The summed E-state index contributed by atoms with van der Waals surface area (Å²) >= 11 is 0. The lowest BCUT2D eigenvalue weighted by atomic mass is 10.1. The van der Waals surface area contributed by atoms with Gasteiger partial charge >= 0.3 is 6.03 Å². The molecule has 0 unspecified atom stereocenters. The lowest BCUT2D eigenvalue weighted by Crippen LogP contribution is -2.41. The Hall–Kier alpha value is -0.770. The zero-order valence-electron chi connectivity index (χ0n) is 8.99. The molecule has 4 nitrogen and oxygen atoms in total. The van der Waals surface area contributed by atoms with Crippen molar-refractivity contribution < 1.29 is 4.79 Å². The van der Waals surface area contributed by atoms with E-state index in [2.05, 4.69) is 5.32 Å². The van der Waals surface area contributed by atoms with Crippen molar-refractivity contribution in [2.75, 3.05) is 33.2 Å². The molecule has 80 valence electrons. The number of nitrogens with one attached hydrogen (secondary N) is 1. The van der Waals surface area contributed by atoms with E-state index in [1.807, 2.05) is 18.9 Å². The van der Waals surface area contributed by atoms with Crippen molar-refractivity contribution >= 4 is 6.03 Å².